The summed E-state index contributed by atoms with van der Waals surface area (Å²) in [5, 5.41) is 15.7. The molecule has 0 aliphatic carbocycles. The second-order valence-electron chi connectivity index (χ2n) is 8.87. The molecular weight excluding hydrogens is 378 g/mol. The van der Waals surface area contributed by atoms with E-state index in [1.54, 1.807) is 5.01 Å². The average molecular weight is 420 g/mol. The summed E-state index contributed by atoms with van der Waals surface area (Å²) in [5.41, 5.74) is 3.94. The molecule has 30 heavy (non-hydrogen) atoms. The third-order valence-electron chi connectivity index (χ3n) is 5.08. The number of rotatable bonds is 14. The van der Waals surface area contributed by atoms with Crippen molar-refractivity contribution in [1.29, 1.82) is 0 Å². The van der Waals surface area contributed by atoms with Crippen molar-refractivity contribution in [3.63, 3.8) is 0 Å². The molecule has 0 aliphatic rings. The summed E-state index contributed by atoms with van der Waals surface area (Å²) in [6, 6.07) is 9.41. The first-order chi connectivity index (χ1) is 14.2. The second-order valence-corrected chi connectivity index (χ2v) is 8.87. The topological polar surface area (TPSA) is 81.7 Å². The van der Waals surface area contributed by atoms with Crippen molar-refractivity contribution in [3.05, 3.63) is 35.9 Å². The number of aliphatic hydroxyl groups excluding tert-OH is 1. The summed E-state index contributed by atoms with van der Waals surface area (Å²) < 4.78 is 0. The van der Waals surface area contributed by atoms with Crippen LogP contribution in [0.25, 0.3) is 0 Å². The molecule has 0 bridgehead atoms. The average Bonchev–Trinajstić information content (AvgIpc) is 2.70. The highest BCUT2D eigenvalue weighted by molar-refractivity contribution is 5.76. The predicted molar refractivity (Wildman–Crippen MR) is 122 cm³/mol. The molecule has 6 heteroatoms. The summed E-state index contributed by atoms with van der Waals surface area (Å²) in [6.07, 6.45) is 2.27. The van der Waals surface area contributed by atoms with Crippen LogP contribution >= 0.6 is 0 Å². The van der Waals surface area contributed by atoms with Crippen molar-refractivity contribution in [2.45, 2.75) is 78.9 Å². The Labute approximate surface area is 182 Å². The first-order valence-corrected chi connectivity index (χ1v) is 11.3. The normalized spacial score (nSPS) is 13.5. The number of hydrogen-bond acceptors (Lipinski definition) is 4. The van der Waals surface area contributed by atoms with Crippen molar-refractivity contribution in [1.82, 2.24) is 15.8 Å². The lowest BCUT2D eigenvalue weighted by Crippen LogP contribution is -2.53. The first-order valence-electron chi connectivity index (χ1n) is 11.3. The van der Waals surface area contributed by atoms with Gasteiger partial charge in [-0.05, 0) is 36.7 Å². The zero-order valence-electron chi connectivity index (χ0n) is 19.4. The summed E-state index contributed by atoms with van der Waals surface area (Å²) in [4.78, 5) is 24.6. The molecule has 1 rings (SSSR count). The van der Waals surface area contributed by atoms with Crippen LogP contribution in [0.15, 0.2) is 30.3 Å². The minimum Gasteiger partial charge on any atom is -0.390 e. The largest absolute Gasteiger partial charge is 0.390 e. The number of nitrogens with one attached hydrogen (secondary N) is 2. The Morgan fingerprint density at radius 1 is 0.967 bits per heavy atom. The van der Waals surface area contributed by atoms with Crippen LogP contribution in [0.1, 0.15) is 65.9 Å². The van der Waals surface area contributed by atoms with Crippen LogP contribution in [-0.2, 0) is 16.0 Å². The van der Waals surface area contributed by atoms with Gasteiger partial charge in [-0.15, -0.1) is 0 Å². The molecule has 170 valence electrons. The monoisotopic (exact) mass is 419 g/mol. The smallest absolute Gasteiger partial charge is 0.234 e. The molecule has 0 saturated carbocycles. The lowest BCUT2D eigenvalue weighted by molar-refractivity contribution is -0.128. The van der Waals surface area contributed by atoms with Crippen LogP contribution in [0.3, 0.4) is 0 Å². The van der Waals surface area contributed by atoms with Gasteiger partial charge in [0.15, 0.2) is 0 Å². The lowest BCUT2D eigenvalue weighted by Gasteiger charge is -2.30. The van der Waals surface area contributed by atoms with Gasteiger partial charge in [0.05, 0.1) is 12.1 Å². The molecule has 0 spiro atoms. The number of likely N-dealkylation sites (N-methyl/N-ethyl adjacent to an activating group) is 1. The Kier molecular flexibility index (Phi) is 12.3. The van der Waals surface area contributed by atoms with E-state index >= 15 is 0 Å². The van der Waals surface area contributed by atoms with Gasteiger partial charge in [-0.2, -0.15) is 0 Å². The molecule has 6 nitrogen and oxygen atoms in total. The third-order valence-corrected chi connectivity index (χ3v) is 5.08. The minimum absolute atomic E-state index is 0.0432. The van der Waals surface area contributed by atoms with Gasteiger partial charge in [0, 0.05) is 25.9 Å². The number of carbonyl (C=O) groups excluding carboxylic acids is 2. The van der Waals surface area contributed by atoms with Gasteiger partial charge in [-0.1, -0.05) is 65.0 Å². The molecule has 0 fully saturated rings. The number of hydrogen-bond donors (Lipinski definition) is 3. The highest BCUT2D eigenvalue weighted by Gasteiger charge is 2.24. The SMILES string of the molecule is CCN(CC(O)C(Cc1ccccc1)NC(=O)CCC(C)C)NC(=O)CCC(C)C. The Balaban J connectivity index is 2.74. The van der Waals surface area contributed by atoms with E-state index in [1.807, 2.05) is 37.3 Å². The third kappa shape index (κ3) is 11.3. The van der Waals surface area contributed by atoms with Crippen molar-refractivity contribution in [2.75, 3.05) is 13.1 Å². The molecule has 1 aromatic carbocycles. The Hall–Kier alpha value is -1.92. The maximum Gasteiger partial charge on any atom is 0.234 e. The fourth-order valence-corrected chi connectivity index (χ4v) is 3.11. The van der Waals surface area contributed by atoms with E-state index in [9.17, 15) is 14.7 Å². The maximum absolute atomic E-state index is 12.4. The van der Waals surface area contributed by atoms with Crippen LogP contribution in [-0.4, -0.2) is 47.2 Å². The van der Waals surface area contributed by atoms with E-state index in [-0.39, 0.29) is 18.4 Å². The van der Waals surface area contributed by atoms with Crippen molar-refractivity contribution >= 4 is 11.8 Å². The van der Waals surface area contributed by atoms with Crippen LogP contribution < -0.4 is 10.7 Å². The lowest BCUT2D eigenvalue weighted by atomic mass is 10.00. The van der Waals surface area contributed by atoms with E-state index in [1.165, 1.54) is 0 Å². The second kappa shape index (κ2) is 14.1. The Morgan fingerprint density at radius 2 is 1.53 bits per heavy atom. The van der Waals surface area contributed by atoms with Gasteiger partial charge < -0.3 is 10.4 Å². The van der Waals surface area contributed by atoms with Gasteiger partial charge in [0.2, 0.25) is 11.8 Å². The fraction of sp³-hybridized carbons (Fsp3) is 0.667. The van der Waals surface area contributed by atoms with Gasteiger partial charge >= 0.3 is 0 Å². The summed E-state index contributed by atoms with van der Waals surface area (Å²) in [6.45, 7) is 11.1. The summed E-state index contributed by atoms with van der Waals surface area (Å²) in [7, 11) is 0. The van der Waals surface area contributed by atoms with Crippen molar-refractivity contribution in [2.24, 2.45) is 11.8 Å². The van der Waals surface area contributed by atoms with Crippen LogP contribution in [0.4, 0.5) is 0 Å². The van der Waals surface area contributed by atoms with Gasteiger partial charge in [-0.3, -0.25) is 15.0 Å². The molecule has 3 N–H and O–H groups in total. The zero-order valence-corrected chi connectivity index (χ0v) is 19.4. The molecular formula is C24H41N3O3. The number of carbonyl (C=O) groups is 2. The summed E-state index contributed by atoms with van der Waals surface area (Å²) in [5.74, 6) is 0.823. The zero-order chi connectivity index (χ0) is 22.5. The van der Waals surface area contributed by atoms with Crippen LogP contribution in [0.5, 0.6) is 0 Å². The highest BCUT2D eigenvalue weighted by Crippen LogP contribution is 2.10. The molecule has 1 aromatic rings. The number of hydrazine groups is 1. The fourth-order valence-electron chi connectivity index (χ4n) is 3.11. The molecule has 0 saturated heterocycles. The van der Waals surface area contributed by atoms with Crippen molar-refractivity contribution < 1.29 is 14.7 Å². The molecule has 0 radical (unpaired) electrons. The quantitative estimate of drug-likeness (QED) is 0.404. The van der Waals surface area contributed by atoms with Crippen LogP contribution in [0, 0.1) is 11.8 Å². The predicted octanol–water partition coefficient (Wildman–Crippen LogP) is 3.30. The molecule has 2 amide bonds. The first kappa shape index (κ1) is 26.1. The number of nitrogens with zero attached hydrogens (tertiary/aromatic N) is 1. The van der Waals surface area contributed by atoms with E-state index in [2.05, 4.69) is 38.4 Å². The Morgan fingerprint density at radius 3 is 2.07 bits per heavy atom. The van der Waals surface area contributed by atoms with Gasteiger partial charge in [0.25, 0.3) is 0 Å². The van der Waals surface area contributed by atoms with Gasteiger partial charge in [0.1, 0.15) is 0 Å². The minimum atomic E-state index is -0.807. The number of benzene rings is 1. The molecule has 0 heterocycles. The van der Waals surface area contributed by atoms with Gasteiger partial charge in [-0.25, -0.2) is 5.01 Å². The van der Waals surface area contributed by atoms with Crippen molar-refractivity contribution in [3.8, 4) is 0 Å². The van der Waals surface area contributed by atoms with E-state index in [0.717, 1.165) is 18.4 Å². The number of aliphatic hydroxyl groups is 1. The molecule has 2 atom stereocenters. The highest BCUT2D eigenvalue weighted by atomic mass is 16.3. The van der Waals surface area contributed by atoms with Crippen LogP contribution in [0.2, 0.25) is 0 Å². The molecule has 0 aliphatic heterocycles. The molecule has 2 unspecified atom stereocenters. The Bertz CT molecular complexity index is 619. The van der Waals surface area contributed by atoms with E-state index < -0.39 is 12.1 Å². The summed E-state index contributed by atoms with van der Waals surface area (Å²) >= 11 is 0. The molecule has 0 aromatic heterocycles. The number of amides is 2. The standard InChI is InChI=1S/C24H41N3O3/c1-6-27(26-24(30)15-13-19(4)5)17-22(28)21(16-20-10-8-7-9-11-20)25-23(29)14-12-18(2)3/h7-11,18-19,21-22,28H,6,12-17H2,1-5H3,(H,25,29)(H,26,30). The van der Waals surface area contributed by atoms with E-state index in [0.29, 0.717) is 37.6 Å². The maximum atomic E-state index is 12.4. The van der Waals surface area contributed by atoms with E-state index in [4.69, 9.17) is 0 Å².